The molecule has 4 N–H and O–H groups in total. The lowest BCUT2D eigenvalue weighted by molar-refractivity contribution is -0.353. The van der Waals surface area contributed by atoms with Crippen LogP contribution in [0.4, 0.5) is 22.4 Å². The molecule has 2 aliphatic rings. The van der Waals surface area contributed by atoms with Crippen molar-refractivity contribution in [2.24, 2.45) is 5.92 Å². The lowest BCUT2D eigenvalue weighted by Gasteiger charge is -2.34. The predicted octanol–water partition coefficient (Wildman–Crippen LogP) is 0.212. The van der Waals surface area contributed by atoms with Crippen molar-refractivity contribution in [2.75, 3.05) is 6.61 Å². The summed E-state index contributed by atoms with van der Waals surface area (Å²) in [6.45, 7) is -0.224. The summed E-state index contributed by atoms with van der Waals surface area (Å²) in [4.78, 5) is 34.0. The summed E-state index contributed by atoms with van der Waals surface area (Å²) in [5.41, 5.74) is 3.94. The van der Waals surface area contributed by atoms with E-state index in [-0.39, 0.29) is 25.9 Å². The highest BCUT2D eigenvalue weighted by atomic mass is 19.4. The maximum absolute atomic E-state index is 13.9. The zero-order chi connectivity index (χ0) is 19.5. The number of carboxylic acid groups (broad SMARTS) is 1. The van der Waals surface area contributed by atoms with E-state index < -0.39 is 54.6 Å². The van der Waals surface area contributed by atoms with Gasteiger partial charge in [0.05, 0.1) is 18.8 Å². The minimum absolute atomic E-state index is 0.157. The van der Waals surface area contributed by atoms with Crippen molar-refractivity contribution in [3.05, 3.63) is 0 Å². The number of carbonyl (C=O) groups excluding carboxylic acids is 2. The minimum atomic E-state index is -4.78. The van der Waals surface area contributed by atoms with Gasteiger partial charge in [-0.2, -0.15) is 0 Å². The summed E-state index contributed by atoms with van der Waals surface area (Å²) in [5.74, 6) is -2.47. The Hall–Kier alpha value is -2.15. The highest BCUT2D eigenvalue weighted by molar-refractivity contribution is 5.86. The number of amides is 3. The van der Waals surface area contributed by atoms with Gasteiger partial charge in [0, 0.05) is 12.3 Å². The van der Waals surface area contributed by atoms with E-state index in [1.807, 2.05) is 16.2 Å². The third-order valence-electron chi connectivity index (χ3n) is 3.98. The number of hydrogen-bond acceptors (Lipinski definition) is 5. The number of nitrogens with one attached hydrogen (secondary N) is 3. The first-order chi connectivity index (χ1) is 12.0. The van der Waals surface area contributed by atoms with Crippen LogP contribution in [0.15, 0.2) is 0 Å². The van der Waals surface area contributed by atoms with Gasteiger partial charge >= 0.3 is 12.5 Å². The zero-order valence-corrected chi connectivity index (χ0v) is 13.2. The summed E-state index contributed by atoms with van der Waals surface area (Å²) in [6, 6.07) is -0.804. The largest absolute Gasteiger partial charge is 0.522 e. The van der Waals surface area contributed by atoms with Gasteiger partial charge in [-0.05, 0) is 12.8 Å². The average Bonchev–Trinajstić information content (AvgIpc) is 2.46. The highest BCUT2D eigenvalue weighted by Gasteiger charge is 2.43. The molecular weight excluding hydrogens is 370 g/mol. The first-order valence-corrected chi connectivity index (χ1v) is 7.64. The Morgan fingerprint density at radius 2 is 1.69 bits per heavy atom. The van der Waals surface area contributed by atoms with Crippen LogP contribution in [0.1, 0.15) is 19.3 Å². The number of rotatable bonds is 4. The van der Waals surface area contributed by atoms with Gasteiger partial charge in [-0.25, -0.2) is 9.18 Å². The maximum atomic E-state index is 13.9. The van der Waals surface area contributed by atoms with Crippen LogP contribution in [0.5, 0.6) is 0 Å². The third-order valence-corrected chi connectivity index (χ3v) is 3.98. The molecule has 0 aromatic carbocycles. The van der Waals surface area contributed by atoms with Crippen molar-refractivity contribution in [3.8, 4) is 0 Å². The smallest absolute Gasteiger partial charge is 0.465 e. The van der Waals surface area contributed by atoms with E-state index in [0.717, 1.165) is 0 Å². The summed E-state index contributed by atoms with van der Waals surface area (Å²) in [6.07, 6.45) is -11.2. The van der Waals surface area contributed by atoms with E-state index in [2.05, 4.69) is 4.74 Å². The lowest BCUT2D eigenvalue weighted by atomic mass is 9.82. The molecule has 0 aromatic rings. The van der Waals surface area contributed by atoms with Crippen LogP contribution in [-0.2, 0) is 19.1 Å². The molecule has 0 bridgehead atoms. The maximum Gasteiger partial charge on any atom is 0.522 e. The molecule has 0 aromatic heterocycles. The van der Waals surface area contributed by atoms with Crippen molar-refractivity contribution in [1.29, 1.82) is 0 Å². The second-order valence-corrected chi connectivity index (χ2v) is 5.98. The van der Waals surface area contributed by atoms with Crippen LogP contribution in [0.3, 0.4) is 0 Å². The van der Waals surface area contributed by atoms with E-state index in [1.54, 1.807) is 0 Å². The Kier molecular flexibility index (Phi) is 6.23. The Balaban J connectivity index is 1.69. The number of ether oxygens (including phenoxy) is 2. The Morgan fingerprint density at radius 3 is 2.23 bits per heavy atom. The molecule has 0 spiro atoms. The quantitative estimate of drug-likeness (QED) is 0.404. The minimum Gasteiger partial charge on any atom is -0.465 e. The van der Waals surface area contributed by atoms with Gasteiger partial charge in [-0.3, -0.25) is 25.2 Å². The summed E-state index contributed by atoms with van der Waals surface area (Å²) >= 11 is 0. The number of halogens is 4. The summed E-state index contributed by atoms with van der Waals surface area (Å²) < 4.78 is 58.6. The fraction of sp³-hybridized carbons (Fsp3) is 0.769. The number of hydrogen-bond donors (Lipinski definition) is 4. The topological polar surface area (TPSA) is 126 Å². The van der Waals surface area contributed by atoms with Crippen molar-refractivity contribution in [2.45, 2.75) is 50.0 Å². The van der Waals surface area contributed by atoms with Crippen LogP contribution in [0.25, 0.3) is 0 Å². The van der Waals surface area contributed by atoms with E-state index in [0.29, 0.717) is 0 Å². The van der Waals surface area contributed by atoms with Crippen molar-refractivity contribution < 1.29 is 46.5 Å². The fourth-order valence-corrected chi connectivity index (χ4v) is 2.66. The van der Waals surface area contributed by atoms with Gasteiger partial charge in [0.25, 0.3) is 5.91 Å². The molecule has 0 unspecified atom stereocenters. The van der Waals surface area contributed by atoms with Crippen LogP contribution in [0.2, 0.25) is 0 Å². The van der Waals surface area contributed by atoms with Crippen molar-refractivity contribution in [3.63, 3.8) is 0 Å². The first kappa shape index (κ1) is 20.2. The van der Waals surface area contributed by atoms with Crippen LogP contribution in [-0.4, -0.2) is 60.4 Å². The van der Waals surface area contributed by atoms with Crippen molar-refractivity contribution >= 4 is 17.9 Å². The van der Waals surface area contributed by atoms with E-state index in [1.165, 1.54) is 0 Å². The van der Waals surface area contributed by atoms with E-state index in [4.69, 9.17) is 9.84 Å². The average molecular weight is 387 g/mol. The molecule has 13 heteroatoms. The van der Waals surface area contributed by atoms with Gasteiger partial charge in [0.1, 0.15) is 6.17 Å². The van der Waals surface area contributed by atoms with Crippen molar-refractivity contribution in [1.82, 2.24) is 16.2 Å². The lowest BCUT2D eigenvalue weighted by Crippen LogP contribution is -2.56. The molecule has 3 amide bonds. The number of alkyl halides is 4. The molecule has 2 fully saturated rings. The predicted molar refractivity (Wildman–Crippen MR) is 74.1 cm³/mol. The Morgan fingerprint density at radius 1 is 1.08 bits per heavy atom. The van der Waals surface area contributed by atoms with Gasteiger partial charge in [-0.15, -0.1) is 13.2 Å². The summed E-state index contributed by atoms with van der Waals surface area (Å²) in [7, 11) is 0. The van der Waals surface area contributed by atoms with Gasteiger partial charge < -0.3 is 15.2 Å². The molecule has 2 rings (SSSR count). The molecule has 3 atom stereocenters. The van der Waals surface area contributed by atoms with E-state index >= 15 is 0 Å². The molecule has 148 valence electrons. The van der Waals surface area contributed by atoms with Gasteiger partial charge in [0.2, 0.25) is 5.91 Å². The first-order valence-electron chi connectivity index (χ1n) is 7.64. The molecule has 1 aliphatic carbocycles. The SMILES string of the molecule is O=C(O)N[C@H]1CO[C@H](C(=O)NNC(=O)C2CC(OC(F)(F)F)C2)[C@@H](F)C1. The second-order valence-electron chi connectivity index (χ2n) is 5.98. The molecular formula is C13H17F4N3O6. The molecule has 1 heterocycles. The Bertz CT molecular complexity index is 554. The standard InChI is InChI=1S/C13H17F4N3O6/c14-8-3-6(18-12(23)24)4-25-9(8)11(22)20-19-10(21)5-1-7(2-5)26-13(15,16)17/h5-9,18H,1-4H2,(H,19,21)(H,20,22)(H,23,24)/t5?,6-,7?,8+,9+/m1/s1. The van der Waals surface area contributed by atoms with Gasteiger partial charge in [0.15, 0.2) is 6.10 Å². The second kappa shape index (κ2) is 8.03. The van der Waals surface area contributed by atoms with Crippen LogP contribution in [0, 0.1) is 5.92 Å². The van der Waals surface area contributed by atoms with E-state index in [9.17, 15) is 31.9 Å². The molecule has 1 aliphatic heterocycles. The summed E-state index contributed by atoms with van der Waals surface area (Å²) in [5, 5.41) is 10.6. The van der Waals surface area contributed by atoms with Crippen LogP contribution >= 0.6 is 0 Å². The molecule has 1 saturated heterocycles. The fourth-order valence-electron chi connectivity index (χ4n) is 2.66. The Labute approximate surface area is 144 Å². The normalized spacial score (nSPS) is 31.5. The van der Waals surface area contributed by atoms with Crippen LogP contribution < -0.4 is 16.2 Å². The number of carbonyl (C=O) groups is 3. The molecule has 26 heavy (non-hydrogen) atoms. The number of hydrazine groups is 1. The zero-order valence-electron chi connectivity index (χ0n) is 13.2. The molecule has 1 saturated carbocycles. The molecule has 0 radical (unpaired) electrons. The third kappa shape index (κ3) is 5.69. The monoisotopic (exact) mass is 387 g/mol. The highest BCUT2D eigenvalue weighted by Crippen LogP contribution is 2.34. The molecule has 9 nitrogen and oxygen atoms in total. The van der Waals surface area contributed by atoms with Gasteiger partial charge in [-0.1, -0.05) is 0 Å².